The number of nitrogens with zero attached hydrogens (tertiary/aromatic N) is 2. The predicted octanol–water partition coefficient (Wildman–Crippen LogP) is 10.4. The average Bonchev–Trinajstić information content (AvgIpc) is 3.69. The number of halogens is 1. The molecule has 3 fully saturated rings. The molecule has 1 aromatic carbocycles. The molecule has 1 N–H and O–H groups in total. The minimum Gasteiger partial charge on any atom is -0.481 e. The zero-order chi connectivity index (χ0) is 38.0. The van der Waals surface area contributed by atoms with Crippen LogP contribution in [0, 0.1) is 45.3 Å². The van der Waals surface area contributed by atoms with Crippen molar-refractivity contribution in [1.82, 2.24) is 10.1 Å². The highest BCUT2D eigenvalue weighted by Gasteiger charge is 2.68. The fourth-order valence-electron chi connectivity index (χ4n) is 11.5. The van der Waals surface area contributed by atoms with Gasteiger partial charge in [-0.1, -0.05) is 65.2 Å². The van der Waals surface area contributed by atoms with Crippen molar-refractivity contribution in [2.45, 2.75) is 144 Å². The lowest BCUT2D eigenvalue weighted by molar-refractivity contribution is -0.184. The third-order valence-electron chi connectivity index (χ3n) is 15.0. The zero-order valence-corrected chi connectivity index (χ0v) is 33.5. The summed E-state index contributed by atoms with van der Waals surface area (Å²) in [7, 11) is 0. The number of esters is 1. The van der Waals surface area contributed by atoms with Gasteiger partial charge in [0.15, 0.2) is 5.78 Å². The van der Waals surface area contributed by atoms with Gasteiger partial charge >= 0.3 is 11.9 Å². The number of carboxylic acid groups (broad SMARTS) is 1. The number of ether oxygens (including phenoxy) is 1. The van der Waals surface area contributed by atoms with E-state index in [1.54, 1.807) is 13.8 Å². The number of ketones is 1. The molecule has 4 aliphatic rings. The Bertz CT molecular complexity index is 1750. The van der Waals surface area contributed by atoms with Crippen LogP contribution < -0.4 is 0 Å². The predicted molar refractivity (Wildman–Crippen MR) is 202 cm³/mol. The van der Waals surface area contributed by atoms with Crippen molar-refractivity contribution < 1.29 is 28.8 Å². The van der Waals surface area contributed by atoms with E-state index < -0.39 is 22.8 Å². The number of rotatable bonds is 11. The molecule has 9 heteroatoms. The van der Waals surface area contributed by atoms with Crippen LogP contribution >= 0.6 is 11.6 Å². The molecule has 8 nitrogen and oxygen atoms in total. The fourth-order valence-corrected chi connectivity index (χ4v) is 11.6. The van der Waals surface area contributed by atoms with Crippen molar-refractivity contribution in [3.05, 3.63) is 46.3 Å². The Morgan fingerprint density at radius 2 is 1.75 bits per heavy atom. The Labute approximate surface area is 314 Å². The van der Waals surface area contributed by atoms with Gasteiger partial charge in [-0.05, 0) is 147 Å². The molecule has 1 aromatic heterocycles. The van der Waals surface area contributed by atoms with E-state index in [4.69, 9.17) is 25.8 Å². The summed E-state index contributed by atoms with van der Waals surface area (Å²) in [6, 6.07) is 7.46. The highest BCUT2D eigenvalue weighted by Crippen LogP contribution is 2.74. The van der Waals surface area contributed by atoms with E-state index >= 15 is 0 Å². The van der Waals surface area contributed by atoms with Crippen LogP contribution in [0.1, 0.15) is 139 Å². The zero-order valence-electron chi connectivity index (χ0n) is 32.7. The molecule has 0 aliphatic heterocycles. The van der Waals surface area contributed by atoms with Crippen molar-refractivity contribution in [2.24, 2.45) is 45.3 Å². The maximum absolute atomic E-state index is 14.1. The normalized spacial score (nSPS) is 33.8. The molecule has 0 spiro atoms. The number of aromatic nitrogens is 2. The van der Waals surface area contributed by atoms with Crippen LogP contribution in [0.4, 0.5) is 0 Å². The first-order valence-electron chi connectivity index (χ1n) is 19.6. The van der Waals surface area contributed by atoms with Gasteiger partial charge in [-0.15, -0.1) is 0 Å². The number of aliphatic carboxylic acids is 1. The number of carboxylic acids is 1. The van der Waals surface area contributed by atoms with Gasteiger partial charge in [0.2, 0.25) is 11.7 Å². The molecular formula is C43H59ClN2O6. The van der Waals surface area contributed by atoms with E-state index in [9.17, 15) is 19.5 Å². The van der Waals surface area contributed by atoms with Crippen LogP contribution in [-0.4, -0.2) is 39.1 Å². The van der Waals surface area contributed by atoms with Gasteiger partial charge in [0, 0.05) is 17.0 Å². The van der Waals surface area contributed by atoms with Crippen molar-refractivity contribution >= 4 is 29.3 Å². The monoisotopic (exact) mass is 734 g/mol. The molecule has 284 valence electrons. The molecule has 0 unspecified atom stereocenters. The van der Waals surface area contributed by atoms with Gasteiger partial charge in [-0.25, -0.2) is 0 Å². The molecule has 3 saturated carbocycles. The number of carbonyl (C=O) groups excluding carboxylic acids is 2. The number of Topliss-reactive ketones (excluding diaryl/α,β-unsaturated/α-hetero) is 1. The van der Waals surface area contributed by atoms with Crippen molar-refractivity contribution in [3.63, 3.8) is 0 Å². The summed E-state index contributed by atoms with van der Waals surface area (Å²) in [4.78, 5) is 43.6. The standard InChI is InChI=1S/C43H59ClN2O6/c1-10-29(51-33(48)24-39(5,6)38(49)50)18-19-40(7)26(4)17-20-42(9)32(40)16-15-30-35-34(25(2)3)31(47)23-43(35,22-21-41(30,42)8)37-45-36(46-52-37)27-11-13-28(44)14-12-27/h11-14,25-26,29-30,32H,10,15-24H2,1-9H3,(H,49,50)/t26-,29-,30-,32-,40+,41-,42-,43-/m1/s1. The van der Waals surface area contributed by atoms with E-state index in [1.165, 1.54) is 5.57 Å². The molecule has 52 heavy (non-hydrogen) atoms. The van der Waals surface area contributed by atoms with Gasteiger partial charge in [0.05, 0.1) is 17.3 Å². The largest absolute Gasteiger partial charge is 0.481 e. The SMILES string of the molecule is CC[C@H](CC[C@@]1(C)[C@H](C)CC[C@]2(C)[C@@H]1CC[C@@H]1C3=C(C(C)C)C(=O)C[C@]3(c3nc(-c4ccc(Cl)cc4)no3)CC[C@]12C)OC(=O)CC(C)(C)C(=O)O. The smallest absolute Gasteiger partial charge is 0.309 e. The summed E-state index contributed by atoms with van der Waals surface area (Å²) in [5.41, 5.74) is 1.39. The average molecular weight is 735 g/mol. The van der Waals surface area contributed by atoms with E-state index in [-0.39, 0.29) is 46.4 Å². The topological polar surface area (TPSA) is 120 Å². The Balaban J connectivity index is 1.30. The highest BCUT2D eigenvalue weighted by atomic mass is 35.5. The van der Waals surface area contributed by atoms with E-state index in [1.807, 2.05) is 31.2 Å². The molecule has 6 rings (SSSR count). The second kappa shape index (κ2) is 13.7. The minimum absolute atomic E-state index is 0.0288. The van der Waals surface area contributed by atoms with Crippen LogP contribution in [0.5, 0.6) is 0 Å². The molecule has 0 amide bonds. The summed E-state index contributed by atoms with van der Waals surface area (Å²) < 4.78 is 12.1. The number of allylic oxidation sites excluding steroid dienone is 2. The van der Waals surface area contributed by atoms with Gasteiger partial charge in [-0.3, -0.25) is 14.4 Å². The number of hydrogen-bond donors (Lipinski definition) is 1. The number of carbonyl (C=O) groups is 3. The Hall–Kier alpha value is -3.00. The second-order valence-electron chi connectivity index (χ2n) is 18.5. The van der Waals surface area contributed by atoms with Crippen molar-refractivity contribution in [1.29, 1.82) is 0 Å². The maximum atomic E-state index is 14.1. The van der Waals surface area contributed by atoms with Crippen molar-refractivity contribution in [3.8, 4) is 11.4 Å². The van der Waals surface area contributed by atoms with Crippen LogP contribution in [-0.2, 0) is 24.5 Å². The first kappa shape index (κ1) is 38.7. The number of benzene rings is 1. The summed E-state index contributed by atoms with van der Waals surface area (Å²) >= 11 is 6.16. The first-order chi connectivity index (χ1) is 24.3. The van der Waals surface area contributed by atoms with Gasteiger partial charge in [-0.2, -0.15) is 4.98 Å². The second-order valence-corrected chi connectivity index (χ2v) is 18.9. The molecule has 1 heterocycles. The number of fused-ring (bicyclic) bond motifs is 5. The van der Waals surface area contributed by atoms with Crippen LogP contribution in [0.3, 0.4) is 0 Å². The maximum Gasteiger partial charge on any atom is 0.309 e. The van der Waals surface area contributed by atoms with Gasteiger partial charge < -0.3 is 14.4 Å². The quantitative estimate of drug-likeness (QED) is 0.227. The Kier molecular flexibility index (Phi) is 10.2. The van der Waals surface area contributed by atoms with Crippen LogP contribution in [0.2, 0.25) is 5.02 Å². The van der Waals surface area contributed by atoms with Crippen LogP contribution in [0.25, 0.3) is 11.4 Å². The summed E-state index contributed by atoms with van der Waals surface area (Å²) in [6.45, 7) is 19.4. The summed E-state index contributed by atoms with van der Waals surface area (Å²) in [6.07, 6.45) is 8.53. The lowest BCUT2D eigenvalue weighted by Gasteiger charge is -2.69. The molecule has 0 radical (unpaired) electrons. The van der Waals surface area contributed by atoms with Gasteiger partial charge in [0.1, 0.15) is 6.10 Å². The molecule has 4 aliphatic carbocycles. The van der Waals surface area contributed by atoms with Gasteiger partial charge in [0.25, 0.3) is 0 Å². The molecule has 0 saturated heterocycles. The summed E-state index contributed by atoms with van der Waals surface area (Å²) in [5, 5.41) is 14.6. The third-order valence-corrected chi connectivity index (χ3v) is 15.3. The lowest BCUT2D eigenvalue weighted by atomic mass is 9.35. The lowest BCUT2D eigenvalue weighted by Crippen LogP contribution is -2.62. The third kappa shape index (κ3) is 6.17. The van der Waals surface area contributed by atoms with Crippen LogP contribution in [0.15, 0.2) is 39.9 Å². The molecule has 8 atom stereocenters. The highest BCUT2D eigenvalue weighted by molar-refractivity contribution is 6.30. The van der Waals surface area contributed by atoms with E-state index in [2.05, 4.69) is 46.7 Å². The molecule has 2 aromatic rings. The summed E-state index contributed by atoms with van der Waals surface area (Å²) in [5.74, 6) is 1.19. The minimum atomic E-state index is -1.16. The molecule has 0 bridgehead atoms. The van der Waals surface area contributed by atoms with E-state index in [0.29, 0.717) is 41.4 Å². The van der Waals surface area contributed by atoms with E-state index in [0.717, 1.165) is 62.5 Å². The molecular weight excluding hydrogens is 676 g/mol. The van der Waals surface area contributed by atoms with Crippen molar-refractivity contribution in [2.75, 3.05) is 0 Å². The Morgan fingerprint density at radius 3 is 2.38 bits per heavy atom. The number of hydrogen-bond acceptors (Lipinski definition) is 7. The fraction of sp³-hybridized carbons (Fsp3) is 0.698. The Morgan fingerprint density at radius 1 is 1.06 bits per heavy atom. The first-order valence-corrected chi connectivity index (χ1v) is 20.0.